The van der Waals surface area contributed by atoms with Gasteiger partial charge in [-0.15, -0.1) is 0 Å². The van der Waals surface area contributed by atoms with Crippen LogP contribution in [0.4, 0.5) is 0 Å². The first-order chi connectivity index (χ1) is 10.3. The SMILES string of the molecule is CCOC(=O)C1(c2nc(-c3ncc[nH]3)no2)CCCCC1. The Morgan fingerprint density at radius 2 is 2.24 bits per heavy atom. The monoisotopic (exact) mass is 290 g/mol. The van der Waals surface area contributed by atoms with Crippen molar-refractivity contribution < 1.29 is 14.1 Å². The lowest BCUT2D eigenvalue weighted by Crippen LogP contribution is -2.39. The number of rotatable bonds is 4. The molecule has 1 fully saturated rings. The van der Waals surface area contributed by atoms with Crippen molar-refractivity contribution in [2.45, 2.75) is 44.4 Å². The molecule has 0 bridgehead atoms. The summed E-state index contributed by atoms with van der Waals surface area (Å²) in [5.41, 5.74) is -0.800. The van der Waals surface area contributed by atoms with Crippen LogP contribution in [0.3, 0.4) is 0 Å². The minimum Gasteiger partial charge on any atom is -0.465 e. The standard InChI is InChI=1S/C14H18N4O3/c1-2-20-13(19)14(6-4-3-5-7-14)12-17-11(18-21-12)10-15-8-9-16-10/h8-9H,2-7H2,1H3,(H,15,16). The molecule has 0 unspecified atom stereocenters. The van der Waals surface area contributed by atoms with Gasteiger partial charge in [0, 0.05) is 12.4 Å². The van der Waals surface area contributed by atoms with E-state index in [0.717, 1.165) is 19.3 Å². The van der Waals surface area contributed by atoms with E-state index in [1.807, 2.05) is 0 Å². The van der Waals surface area contributed by atoms with Gasteiger partial charge >= 0.3 is 5.97 Å². The highest BCUT2D eigenvalue weighted by Gasteiger charge is 2.47. The molecule has 0 saturated heterocycles. The number of nitrogens with one attached hydrogen (secondary N) is 1. The highest BCUT2D eigenvalue weighted by Crippen LogP contribution is 2.40. The first-order valence-corrected chi connectivity index (χ1v) is 7.27. The summed E-state index contributed by atoms with van der Waals surface area (Å²) in [6.45, 7) is 2.15. The smallest absolute Gasteiger partial charge is 0.321 e. The molecule has 2 aromatic rings. The number of aromatic amines is 1. The molecule has 1 aliphatic carbocycles. The van der Waals surface area contributed by atoms with E-state index < -0.39 is 5.41 Å². The summed E-state index contributed by atoms with van der Waals surface area (Å²) in [5, 5.41) is 3.93. The third-order valence-corrected chi connectivity index (χ3v) is 3.92. The van der Waals surface area contributed by atoms with E-state index in [4.69, 9.17) is 9.26 Å². The fourth-order valence-corrected chi connectivity index (χ4v) is 2.83. The number of ether oxygens (including phenoxy) is 1. The molecular formula is C14H18N4O3. The highest BCUT2D eigenvalue weighted by atomic mass is 16.5. The van der Waals surface area contributed by atoms with Gasteiger partial charge in [0.1, 0.15) is 5.41 Å². The fraction of sp³-hybridized carbons (Fsp3) is 0.571. The lowest BCUT2D eigenvalue weighted by atomic mass is 9.74. The lowest BCUT2D eigenvalue weighted by Gasteiger charge is -2.31. The molecule has 0 aromatic carbocycles. The van der Waals surface area contributed by atoms with Crippen molar-refractivity contribution >= 4 is 5.97 Å². The topological polar surface area (TPSA) is 93.9 Å². The molecule has 1 saturated carbocycles. The average Bonchev–Trinajstić information content (AvgIpc) is 3.19. The van der Waals surface area contributed by atoms with Crippen molar-refractivity contribution in [3.05, 3.63) is 18.3 Å². The molecule has 0 atom stereocenters. The number of esters is 1. The zero-order valence-corrected chi connectivity index (χ0v) is 12.0. The van der Waals surface area contributed by atoms with Gasteiger partial charge in [-0.1, -0.05) is 24.4 Å². The van der Waals surface area contributed by atoms with Gasteiger partial charge in [0.15, 0.2) is 5.82 Å². The van der Waals surface area contributed by atoms with Crippen LogP contribution in [0.2, 0.25) is 0 Å². The summed E-state index contributed by atoms with van der Waals surface area (Å²) in [6, 6.07) is 0. The maximum absolute atomic E-state index is 12.4. The number of hydrogen-bond donors (Lipinski definition) is 1. The van der Waals surface area contributed by atoms with Crippen molar-refractivity contribution in [1.29, 1.82) is 0 Å². The molecule has 2 heterocycles. The molecule has 21 heavy (non-hydrogen) atoms. The van der Waals surface area contributed by atoms with Crippen LogP contribution >= 0.6 is 0 Å². The number of hydrogen-bond acceptors (Lipinski definition) is 6. The van der Waals surface area contributed by atoms with E-state index >= 15 is 0 Å². The summed E-state index contributed by atoms with van der Waals surface area (Å²) in [4.78, 5) is 23.8. The Morgan fingerprint density at radius 3 is 2.90 bits per heavy atom. The van der Waals surface area contributed by atoms with Gasteiger partial charge in [0.05, 0.1) is 6.61 Å². The maximum Gasteiger partial charge on any atom is 0.321 e. The van der Waals surface area contributed by atoms with E-state index in [1.54, 1.807) is 19.3 Å². The normalized spacial score (nSPS) is 17.6. The predicted molar refractivity (Wildman–Crippen MR) is 73.3 cm³/mol. The second-order valence-corrected chi connectivity index (χ2v) is 5.22. The van der Waals surface area contributed by atoms with E-state index in [-0.39, 0.29) is 5.97 Å². The van der Waals surface area contributed by atoms with Crippen LogP contribution in [-0.2, 0) is 14.9 Å². The number of imidazole rings is 1. The summed E-state index contributed by atoms with van der Waals surface area (Å²) in [7, 11) is 0. The van der Waals surface area contributed by atoms with Gasteiger partial charge in [-0.05, 0) is 19.8 Å². The Balaban J connectivity index is 1.95. The molecule has 7 nitrogen and oxygen atoms in total. The van der Waals surface area contributed by atoms with Gasteiger partial charge in [0.2, 0.25) is 11.7 Å². The molecule has 0 amide bonds. The second-order valence-electron chi connectivity index (χ2n) is 5.22. The summed E-state index contributed by atoms with van der Waals surface area (Å²) < 4.78 is 10.6. The van der Waals surface area contributed by atoms with Gasteiger partial charge in [-0.3, -0.25) is 4.79 Å². The van der Waals surface area contributed by atoms with Crippen LogP contribution in [0.1, 0.15) is 44.9 Å². The molecule has 7 heteroatoms. The first kappa shape index (κ1) is 13.8. The van der Waals surface area contributed by atoms with Crippen molar-refractivity contribution in [2.24, 2.45) is 0 Å². The number of carbonyl (C=O) groups excluding carboxylic acids is 1. The van der Waals surface area contributed by atoms with Gasteiger partial charge in [-0.2, -0.15) is 4.98 Å². The van der Waals surface area contributed by atoms with Crippen LogP contribution in [0, 0.1) is 0 Å². The van der Waals surface area contributed by atoms with Crippen LogP contribution in [0.15, 0.2) is 16.9 Å². The highest BCUT2D eigenvalue weighted by molar-refractivity contribution is 5.82. The maximum atomic E-state index is 12.4. The van der Waals surface area contributed by atoms with Crippen LogP contribution in [0.5, 0.6) is 0 Å². The first-order valence-electron chi connectivity index (χ1n) is 7.27. The van der Waals surface area contributed by atoms with Gasteiger partial charge in [-0.25, -0.2) is 4.98 Å². The van der Waals surface area contributed by atoms with Crippen LogP contribution in [-0.4, -0.2) is 32.7 Å². The molecular weight excluding hydrogens is 272 g/mol. The molecule has 0 radical (unpaired) electrons. The molecule has 1 aliphatic rings. The van der Waals surface area contributed by atoms with Crippen molar-refractivity contribution in [2.75, 3.05) is 6.61 Å². The molecule has 0 aliphatic heterocycles. The second kappa shape index (κ2) is 5.67. The minimum absolute atomic E-state index is 0.264. The Kier molecular flexibility index (Phi) is 3.72. The Morgan fingerprint density at radius 1 is 1.43 bits per heavy atom. The molecule has 3 rings (SSSR count). The van der Waals surface area contributed by atoms with Gasteiger partial charge in [0.25, 0.3) is 0 Å². The molecule has 1 N–H and O–H groups in total. The van der Waals surface area contributed by atoms with E-state index in [0.29, 0.717) is 37.0 Å². The van der Waals surface area contributed by atoms with Gasteiger partial charge < -0.3 is 14.2 Å². The summed E-state index contributed by atoms with van der Waals surface area (Å²) in [5.74, 6) is 0.968. The third-order valence-electron chi connectivity index (χ3n) is 3.92. The van der Waals surface area contributed by atoms with E-state index in [1.165, 1.54) is 0 Å². The zero-order chi connectivity index (χ0) is 14.7. The fourth-order valence-electron chi connectivity index (χ4n) is 2.83. The largest absolute Gasteiger partial charge is 0.465 e. The molecule has 0 spiro atoms. The number of nitrogens with zero attached hydrogens (tertiary/aromatic N) is 3. The molecule has 112 valence electrons. The van der Waals surface area contributed by atoms with Crippen molar-refractivity contribution in [1.82, 2.24) is 20.1 Å². The lowest BCUT2D eigenvalue weighted by molar-refractivity contribution is -0.152. The van der Waals surface area contributed by atoms with Crippen LogP contribution in [0.25, 0.3) is 11.6 Å². The third kappa shape index (κ3) is 2.43. The number of aromatic nitrogens is 4. The van der Waals surface area contributed by atoms with Crippen LogP contribution < -0.4 is 0 Å². The average molecular weight is 290 g/mol. The molecule has 2 aromatic heterocycles. The summed E-state index contributed by atoms with van der Waals surface area (Å²) in [6.07, 6.45) is 7.70. The van der Waals surface area contributed by atoms with E-state index in [2.05, 4.69) is 20.1 Å². The Labute approximate surface area is 122 Å². The zero-order valence-electron chi connectivity index (χ0n) is 12.0. The Bertz CT molecular complexity index is 600. The quantitative estimate of drug-likeness (QED) is 0.868. The minimum atomic E-state index is -0.800. The van der Waals surface area contributed by atoms with Crippen molar-refractivity contribution in [3.8, 4) is 11.6 Å². The Hall–Kier alpha value is -2.18. The number of H-pyrrole nitrogens is 1. The predicted octanol–water partition coefficient (Wildman–Crippen LogP) is 2.22. The number of carbonyl (C=O) groups is 1. The van der Waals surface area contributed by atoms with Crippen molar-refractivity contribution in [3.63, 3.8) is 0 Å². The summed E-state index contributed by atoms with van der Waals surface area (Å²) >= 11 is 0. The van der Waals surface area contributed by atoms with E-state index in [9.17, 15) is 4.79 Å².